The topological polar surface area (TPSA) is 54.0 Å². The van der Waals surface area contributed by atoms with Gasteiger partial charge < -0.3 is 9.47 Å². The third-order valence-corrected chi connectivity index (χ3v) is 4.93. The molecule has 2 aromatic carbocycles. The van der Waals surface area contributed by atoms with E-state index in [-0.39, 0.29) is 5.97 Å². The van der Waals surface area contributed by atoms with Crippen LogP contribution in [0.1, 0.15) is 31.4 Å². The summed E-state index contributed by atoms with van der Waals surface area (Å²) in [6, 6.07) is 19.5. The van der Waals surface area contributed by atoms with Crippen molar-refractivity contribution in [1.29, 1.82) is 0 Å². The summed E-state index contributed by atoms with van der Waals surface area (Å²) in [6.45, 7) is 3.76. The van der Waals surface area contributed by atoms with Crippen molar-refractivity contribution in [3.8, 4) is 0 Å². The van der Waals surface area contributed by atoms with Gasteiger partial charge >= 0.3 is 5.97 Å². The lowest BCUT2D eigenvalue weighted by molar-refractivity contribution is -0.492. The Morgan fingerprint density at radius 1 is 1.04 bits per heavy atom. The first-order valence-electron chi connectivity index (χ1n) is 8.75. The van der Waals surface area contributed by atoms with Crippen LogP contribution in [0.5, 0.6) is 0 Å². The lowest BCUT2D eigenvalue weighted by Crippen LogP contribution is -2.54. The van der Waals surface area contributed by atoms with Crippen LogP contribution in [-0.2, 0) is 29.6 Å². The fourth-order valence-corrected chi connectivity index (χ4v) is 3.35. The first-order valence-corrected chi connectivity index (χ1v) is 8.75. The van der Waals surface area contributed by atoms with Crippen molar-refractivity contribution in [2.75, 3.05) is 13.7 Å². The summed E-state index contributed by atoms with van der Waals surface area (Å²) >= 11 is 0. The highest BCUT2D eigenvalue weighted by atomic mass is 17.2. The molecule has 0 unspecified atom stereocenters. The minimum absolute atomic E-state index is 0.291. The van der Waals surface area contributed by atoms with Gasteiger partial charge in [-0.15, -0.1) is 0 Å². The molecule has 1 aliphatic heterocycles. The lowest BCUT2D eigenvalue weighted by atomic mass is 9.76. The van der Waals surface area contributed by atoms with E-state index < -0.39 is 17.3 Å². The van der Waals surface area contributed by atoms with Crippen LogP contribution in [0.25, 0.3) is 0 Å². The van der Waals surface area contributed by atoms with Crippen molar-refractivity contribution in [1.82, 2.24) is 0 Å². The SMILES string of the molecule is CCOC(=O)[C@H]1CC(c2ccccc2)(c2ccccc2)OO[C@]1(C)OC. The van der Waals surface area contributed by atoms with E-state index in [9.17, 15) is 4.79 Å². The molecule has 138 valence electrons. The maximum Gasteiger partial charge on any atom is 0.314 e. The zero-order valence-corrected chi connectivity index (χ0v) is 15.3. The predicted molar refractivity (Wildman–Crippen MR) is 96.0 cm³/mol. The van der Waals surface area contributed by atoms with Gasteiger partial charge in [0.1, 0.15) is 5.92 Å². The summed E-state index contributed by atoms with van der Waals surface area (Å²) in [5, 5.41) is 0. The molecular formula is C21H24O5. The van der Waals surface area contributed by atoms with Gasteiger partial charge in [0.05, 0.1) is 6.61 Å². The Morgan fingerprint density at radius 2 is 1.58 bits per heavy atom. The Labute approximate surface area is 153 Å². The highest BCUT2D eigenvalue weighted by Crippen LogP contribution is 2.48. The lowest BCUT2D eigenvalue weighted by Gasteiger charge is -2.46. The van der Waals surface area contributed by atoms with E-state index in [2.05, 4.69) is 0 Å². The number of benzene rings is 2. The Kier molecular flexibility index (Phi) is 5.41. The van der Waals surface area contributed by atoms with Gasteiger partial charge in [0.2, 0.25) is 5.79 Å². The van der Waals surface area contributed by atoms with Crippen molar-refractivity contribution < 1.29 is 24.0 Å². The smallest absolute Gasteiger partial charge is 0.314 e. The van der Waals surface area contributed by atoms with Crippen molar-refractivity contribution >= 4 is 5.97 Å². The fourth-order valence-electron chi connectivity index (χ4n) is 3.35. The van der Waals surface area contributed by atoms with E-state index in [0.717, 1.165) is 11.1 Å². The fraction of sp³-hybridized carbons (Fsp3) is 0.381. The second-order valence-corrected chi connectivity index (χ2v) is 6.45. The van der Waals surface area contributed by atoms with Crippen molar-refractivity contribution in [3.05, 3.63) is 71.8 Å². The Hall–Kier alpha value is -2.21. The van der Waals surface area contributed by atoms with Gasteiger partial charge in [-0.1, -0.05) is 60.7 Å². The Balaban J connectivity index is 2.09. The molecule has 5 heteroatoms. The number of hydrogen-bond donors (Lipinski definition) is 0. The highest BCUT2D eigenvalue weighted by Gasteiger charge is 2.55. The standard InChI is InChI=1S/C21H24O5/c1-4-24-19(22)18-15-21(16-11-7-5-8-12-16,17-13-9-6-10-14-17)26-25-20(18,2)23-3/h5-14,18H,4,15H2,1-3H3/t18-,20+/m1/s1. The molecule has 1 heterocycles. The molecule has 1 saturated heterocycles. The summed E-state index contributed by atoms with van der Waals surface area (Å²) < 4.78 is 10.8. The monoisotopic (exact) mass is 356 g/mol. The van der Waals surface area contributed by atoms with E-state index in [4.69, 9.17) is 19.2 Å². The molecule has 1 fully saturated rings. The van der Waals surface area contributed by atoms with E-state index in [1.807, 2.05) is 60.7 Å². The number of hydrogen-bond acceptors (Lipinski definition) is 5. The van der Waals surface area contributed by atoms with E-state index in [1.54, 1.807) is 13.8 Å². The summed E-state index contributed by atoms with van der Waals surface area (Å²) in [5.41, 5.74) is 0.871. The van der Waals surface area contributed by atoms with Gasteiger partial charge in [0.15, 0.2) is 5.60 Å². The molecule has 0 aliphatic carbocycles. The molecule has 0 spiro atoms. The van der Waals surface area contributed by atoms with Gasteiger partial charge in [0.25, 0.3) is 0 Å². The molecule has 0 radical (unpaired) electrons. The average Bonchev–Trinajstić information content (AvgIpc) is 2.70. The number of ether oxygens (including phenoxy) is 2. The minimum Gasteiger partial charge on any atom is -0.466 e. The molecule has 0 saturated carbocycles. The average molecular weight is 356 g/mol. The summed E-state index contributed by atoms with van der Waals surface area (Å²) in [5.74, 6) is -2.24. The van der Waals surface area contributed by atoms with Crippen LogP contribution in [0.15, 0.2) is 60.7 Å². The van der Waals surface area contributed by atoms with E-state index in [1.165, 1.54) is 7.11 Å². The molecule has 0 N–H and O–H groups in total. The summed E-state index contributed by atoms with van der Waals surface area (Å²) in [7, 11) is 1.49. The second-order valence-electron chi connectivity index (χ2n) is 6.45. The molecular weight excluding hydrogens is 332 g/mol. The molecule has 3 rings (SSSR count). The normalized spacial score (nSPS) is 24.8. The third-order valence-electron chi connectivity index (χ3n) is 4.93. The van der Waals surface area contributed by atoms with Crippen LogP contribution in [0.4, 0.5) is 0 Å². The molecule has 2 atom stereocenters. The molecule has 2 aromatic rings. The Bertz CT molecular complexity index is 691. The number of esters is 1. The van der Waals surface area contributed by atoms with Crippen LogP contribution in [0.3, 0.4) is 0 Å². The first-order chi connectivity index (χ1) is 12.6. The number of carbonyl (C=O) groups is 1. The quantitative estimate of drug-likeness (QED) is 0.602. The van der Waals surface area contributed by atoms with Crippen LogP contribution < -0.4 is 0 Å². The van der Waals surface area contributed by atoms with Crippen LogP contribution >= 0.6 is 0 Å². The number of carbonyl (C=O) groups excluding carboxylic acids is 1. The highest BCUT2D eigenvalue weighted by molar-refractivity contribution is 5.74. The Morgan fingerprint density at radius 3 is 2.04 bits per heavy atom. The summed E-state index contributed by atoms with van der Waals surface area (Å²) in [6.07, 6.45) is 0.337. The predicted octanol–water partition coefficient (Wildman–Crippen LogP) is 3.82. The maximum atomic E-state index is 12.7. The number of rotatable bonds is 5. The summed E-state index contributed by atoms with van der Waals surface area (Å²) in [4.78, 5) is 24.4. The first kappa shape index (κ1) is 18.6. The second kappa shape index (κ2) is 7.58. The van der Waals surface area contributed by atoms with Crippen molar-refractivity contribution in [3.63, 3.8) is 0 Å². The van der Waals surface area contributed by atoms with Gasteiger partial charge in [-0.05, 0) is 25.0 Å². The van der Waals surface area contributed by atoms with Gasteiger partial charge in [-0.25, -0.2) is 4.89 Å². The van der Waals surface area contributed by atoms with Crippen LogP contribution in [0, 0.1) is 5.92 Å². The van der Waals surface area contributed by atoms with Crippen LogP contribution in [0.2, 0.25) is 0 Å². The molecule has 26 heavy (non-hydrogen) atoms. The van der Waals surface area contributed by atoms with Crippen LogP contribution in [-0.4, -0.2) is 25.5 Å². The minimum atomic E-state index is -1.22. The van der Waals surface area contributed by atoms with Crippen molar-refractivity contribution in [2.24, 2.45) is 5.92 Å². The van der Waals surface area contributed by atoms with Crippen molar-refractivity contribution in [2.45, 2.75) is 31.7 Å². The molecule has 0 aromatic heterocycles. The molecule has 0 bridgehead atoms. The molecule has 0 amide bonds. The van der Waals surface area contributed by atoms with E-state index >= 15 is 0 Å². The van der Waals surface area contributed by atoms with Gasteiger partial charge in [-0.2, -0.15) is 4.89 Å². The zero-order valence-electron chi connectivity index (χ0n) is 15.3. The number of methoxy groups -OCH3 is 1. The third kappa shape index (κ3) is 3.26. The maximum absolute atomic E-state index is 12.7. The van der Waals surface area contributed by atoms with E-state index in [0.29, 0.717) is 13.0 Å². The largest absolute Gasteiger partial charge is 0.466 e. The molecule has 1 aliphatic rings. The van der Waals surface area contributed by atoms with Gasteiger partial charge in [-0.3, -0.25) is 4.79 Å². The molecule has 5 nitrogen and oxygen atoms in total. The van der Waals surface area contributed by atoms with Gasteiger partial charge in [0, 0.05) is 13.5 Å². The zero-order chi connectivity index (χ0) is 18.6.